The molecule has 0 aliphatic rings. The summed E-state index contributed by atoms with van der Waals surface area (Å²) in [5.74, 6) is 2.39. The first-order chi connectivity index (χ1) is 9.22. The van der Waals surface area contributed by atoms with Gasteiger partial charge in [-0.2, -0.15) is 0 Å². The molecule has 1 rings (SSSR count). The zero-order chi connectivity index (χ0) is 13.9. The highest BCUT2D eigenvalue weighted by Crippen LogP contribution is 2.16. The first-order valence-corrected chi connectivity index (χ1v) is 7.39. The van der Waals surface area contributed by atoms with E-state index in [1.807, 2.05) is 30.3 Å². The van der Waals surface area contributed by atoms with Crippen molar-refractivity contribution >= 4 is 0 Å². The second-order valence-electron chi connectivity index (χ2n) is 5.55. The summed E-state index contributed by atoms with van der Waals surface area (Å²) in [6.07, 6.45) is 4.97. The van der Waals surface area contributed by atoms with Gasteiger partial charge in [-0.25, -0.2) is 0 Å². The van der Waals surface area contributed by atoms with Crippen molar-refractivity contribution in [1.29, 1.82) is 0 Å². The fourth-order valence-electron chi connectivity index (χ4n) is 2.22. The smallest absolute Gasteiger partial charge is 0.119 e. The predicted octanol–water partition coefficient (Wildman–Crippen LogP) is 4.54. The summed E-state index contributed by atoms with van der Waals surface area (Å²) in [6.45, 7) is 6.27. The summed E-state index contributed by atoms with van der Waals surface area (Å²) in [5, 5.41) is 0. The second-order valence-corrected chi connectivity index (χ2v) is 5.55. The maximum Gasteiger partial charge on any atom is 0.119 e. The zero-order valence-electron chi connectivity index (χ0n) is 12.6. The zero-order valence-corrected chi connectivity index (χ0v) is 12.6. The van der Waals surface area contributed by atoms with Crippen LogP contribution in [0.25, 0.3) is 0 Å². The van der Waals surface area contributed by atoms with E-state index in [-0.39, 0.29) is 0 Å². The maximum absolute atomic E-state index is 5.72. The highest BCUT2D eigenvalue weighted by atomic mass is 16.5. The minimum Gasteiger partial charge on any atom is -0.494 e. The lowest BCUT2D eigenvalue weighted by atomic mass is 9.97. The Labute approximate surface area is 118 Å². The molecule has 108 valence electrons. The van der Waals surface area contributed by atoms with Gasteiger partial charge >= 0.3 is 0 Å². The summed E-state index contributed by atoms with van der Waals surface area (Å²) >= 11 is 0. The first-order valence-electron chi connectivity index (χ1n) is 7.39. The van der Waals surface area contributed by atoms with E-state index < -0.39 is 0 Å². The van der Waals surface area contributed by atoms with Gasteiger partial charge in [-0.3, -0.25) is 0 Å². The van der Waals surface area contributed by atoms with Gasteiger partial charge < -0.3 is 9.47 Å². The van der Waals surface area contributed by atoms with E-state index in [1.165, 1.54) is 19.3 Å². The average molecular weight is 264 g/mol. The van der Waals surface area contributed by atoms with E-state index in [9.17, 15) is 0 Å². The fraction of sp³-hybridized carbons (Fsp3) is 0.647. The van der Waals surface area contributed by atoms with Crippen LogP contribution < -0.4 is 4.74 Å². The second kappa shape index (κ2) is 9.85. The molecule has 2 unspecified atom stereocenters. The van der Waals surface area contributed by atoms with Gasteiger partial charge in [0.15, 0.2) is 0 Å². The molecule has 0 spiro atoms. The van der Waals surface area contributed by atoms with Crippen molar-refractivity contribution in [3.05, 3.63) is 30.3 Å². The highest BCUT2D eigenvalue weighted by molar-refractivity contribution is 5.20. The third-order valence-corrected chi connectivity index (χ3v) is 3.47. The molecule has 0 aliphatic carbocycles. The SMILES string of the molecule is COCC(C)CCCC(C)CCOc1ccccc1. The molecule has 0 N–H and O–H groups in total. The van der Waals surface area contributed by atoms with Crippen LogP contribution in [0.1, 0.15) is 39.5 Å². The van der Waals surface area contributed by atoms with Crippen LogP contribution in [0.5, 0.6) is 5.75 Å². The average Bonchev–Trinajstić information content (AvgIpc) is 2.40. The molecule has 0 aliphatic heterocycles. The number of hydrogen-bond acceptors (Lipinski definition) is 2. The normalized spacial score (nSPS) is 14.1. The van der Waals surface area contributed by atoms with E-state index in [1.54, 1.807) is 7.11 Å². The molecule has 0 aromatic heterocycles. The molecule has 0 heterocycles. The quantitative estimate of drug-likeness (QED) is 0.617. The third-order valence-electron chi connectivity index (χ3n) is 3.47. The monoisotopic (exact) mass is 264 g/mol. The van der Waals surface area contributed by atoms with Crippen LogP contribution in [0.4, 0.5) is 0 Å². The number of hydrogen-bond donors (Lipinski definition) is 0. The Bertz CT molecular complexity index is 310. The van der Waals surface area contributed by atoms with Gasteiger partial charge in [0, 0.05) is 13.7 Å². The summed E-state index contributed by atoms with van der Waals surface area (Å²) in [5.41, 5.74) is 0. The van der Waals surface area contributed by atoms with Crippen molar-refractivity contribution in [2.75, 3.05) is 20.3 Å². The van der Waals surface area contributed by atoms with Crippen molar-refractivity contribution in [3.8, 4) is 5.75 Å². The number of benzene rings is 1. The van der Waals surface area contributed by atoms with Gasteiger partial charge in [0.1, 0.15) is 5.75 Å². The van der Waals surface area contributed by atoms with Gasteiger partial charge in [-0.05, 0) is 36.8 Å². The molecule has 0 radical (unpaired) electrons. The molecule has 19 heavy (non-hydrogen) atoms. The number of ether oxygens (including phenoxy) is 2. The van der Waals surface area contributed by atoms with E-state index >= 15 is 0 Å². The summed E-state index contributed by atoms with van der Waals surface area (Å²) in [7, 11) is 1.78. The molecule has 0 saturated carbocycles. The number of para-hydroxylation sites is 1. The Morgan fingerprint density at radius 1 is 0.947 bits per heavy atom. The first kappa shape index (κ1) is 16.0. The summed E-state index contributed by atoms with van der Waals surface area (Å²) in [4.78, 5) is 0. The molecule has 2 nitrogen and oxygen atoms in total. The van der Waals surface area contributed by atoms with Crippen molar-refractivity contribution < 1.29 is 9.47 Å². The summed E-state index contributed by atoms with van der Waals surface area (Å²) < 4.78 is 10.9. The standard InChI is InChI=1S/C17H28O2/c1-15(8-7-9-16(2)14-18-3)12-13-19-17-10-5-4-6-11-17/h4-6,10-11,15-16H,7-9,12-14H2,1-3H3. The van der Waals surface area contributed by atoms with Crippen LogP contribution in [0.3, 0.4) is 0 Å². The van der Waals surface area contributed by atoms with Crippen molar-refractivity contribution in [2.45, 2.75) is 39.5 Å². The lowest BCUT2D eigenvalue weighted by Crippen LogP contribution is -2.07. The van der Waals surface area contributed by atoms with Crippen LogP contribution in [0.15, 0.2) is 30.3 Å². The highest BCUT2D eigenvalue weighted by Gasteiger charge is 2.05. The predicted molar refractivity (Wildman–Crippen MR) is 80.6 cm³/mol. The molecule has 1 aromatic rings. The van der Waals surface area contributed by atoms with Crippen molar-refractivity contribution in [3.63, 3.8) is 0 Å². The van der Waals surface area contributed by atoms with E-state index in [2.05, 4.69) is 13.8 Å². The molecule has 0 amide bonds. The number of rotatable bonds is 10. The van der Waals surface area contributed by atoms with Gasteiger partial charge in [-0.1, -0.05) is 44.9 Å². The van der Waals surface area contributed by atoms with Gasteiger partial charge in [-0.15, -0.1) is 0 Å². The molecule has 2 atom stereocenters. The Hall–Kier alpha value is -1.02. The van der Waals surface area contributed by atoms with Gasteiger partial charge in [0.05, 0.1) is 6.61 Å². The minimum absolute atomic E-state index is 0.678. The Morgan fingerprint density at radius 2 is 1.63 bits per heavy atom. The van der Waals surface area contributed by atoms with Crippen LogP contribution >= 0.6 is 0 Å². The fourth-order valence-corrected chi connectivity index (χ4v) is 2.22. The lowest BCUT2D eigenvalue weighted by Gasteiger charge is -2.14. The molecule has 2 heteroatoms. The van der Waals surface area contributed by atoms with Crippen molar-refractivity contribution in [1.82, 2.24) is 0 Å². The Balaban J connectivity index is 2.03. The van der Waals surface area contributed by atoms with E-state index in [0.29, 0.717) is 5.92 Å². The van der Waals surface area contributed by atoms with Gasteiger partial charge in [0.2, 0.25) is 0 Å². The number of methoxy groups -OCH3 is 1. The topological polar surface area (TPSA) is 18.5 Å². The van der Waals surface area contributed by atoms with Gasteiger partial charge in [0.25, 0.3) is 0 Å². The van der Waals surface area contributed by atoms with Crippen LogP contribution in [-0.4, -0.2) is 20.3 Å². The van der Waals surface area contributed by atoms with Crippen LogP contribution in [-0.2, 0) is 4.74 Å². The maximum atomic E-state index is 5.72. The summed E-state index contributed by atoms with van der Waals surface area (Å²) in [6, 6.07) is 10.1. The molecule has 0 bridgehead atoms. The molecule has 0 fully saturated rings. The molecular formula is C17H28O2. The lowest BCUT2D eigenvalue weighted by molar-refractivity contribution is 0.153. The third kappa shape index (κ3) is 7.89. The molecular weight excluding hydrogens is 236 g/mol. The van der Waals surface area contributed by atoms with Crippen LogP contribution in [0, 0.1) is 11.8 Å². The molecule has 0 saturated heterocycles. The van der Waals surface area contributed by atoms with E-state index in [4.69, 9.17) is 9.47 Å². The van der Waals surface area contributed by atoms with Crippen LogP contribution in [0.2, 0.25) is 0 Å². The van der Waals surface area contributed by atoms with Crippen molar-refractivity contribution in [2.24, 2.45) is 11.8 Å². The largest absolute Gasteiger partial charge is 0.494 e. The Kier molecular flexibility index (Phi) is 8.31. The minimum atomic E-state index is 0.678. The Morgan fingerprint density at radius 3 is 2.32 bits per heavy atom. The van der Waals surface area contributed by atoms with E-state index in [0.717, 1.165) is 31.3 Å². The molecule has 1 aromatic carbocycles.